The summed E-state index contributed by atoms with van der Waals surface area (Å²) in [4.78, 5) is 38.3. The van der Waals surface area contributed by atoms with Crippen LogP contribution < -0.4 is 5.32 Å². The standard InChI is InChI=1S/C16H28N2O4/c1-7-10(2)13(15(21)22-6)18-11(8-9-12(18)19)14(20)17-16(3,4)5/h10-11,13H,7-9H2,1-6H3,(H,17,20)/t10?,11-,13+/m1/s1. The lowest BCUT2D eigenvalue weighted by Crippen LogP contribution is -2.56. The van der Waals surface area contributed by atoms with Crippen LogP contribution in [0, 0.1) is 5.92 Å². The van der Waals surface area contributed by atoms with Gasteiger partial charge in [0, 0.05) is 12.0 Å². The van der Waals surface area contributed by atoms with Gasteiger partial charge in [-0.2, -0.15) is 0 Å². The molecule has 0 saturated carbocycles. The molecule has 1 N–H and O–H groups in total. The van der Waals surface area contributed by atoms with Gasteiger partial charge in [0.1, 0.15) is 12.1 Å². The molecule has 1 rings (SSSR count). The maximum Gasteiger partial charge on any atom is 0.328 e. The second-order valence-corrected chi connectivity index (χ2v) is 6.95. The SMILES string of the molecule is CCC(C)[C@@H](C(=O)OC)N1C(=O)CC[C@@H]1C(=O)NC(C)(C)C. The van der Waals surface area contributed by atoms with Crippen molar-refractivity contribution < 1.29 is 19.1 Å². The van der Waals surface area contributed by atoms with Crippen LogP contribution in [0.25, 0.3) is 0 Å². The number of ether oxygens (including phenoxy) is 1. The summed E-state index contributed by atoms with van der Waals surface area (Å²) in [5, 5.41) is 2.90. The molecule has 1 unspecified atom stereocenters. The van der Waals surface area contributed by atoms with Crippen molar-refractivity contribution >= 4 is 17.8 Å². The van der Waals surface area contributed by atoms with Crippen molar-refractivity contribution in [2.45, 2.75) is 71.5 Å². The Morgan fingerprint density at radius 2 is 2.00 bits per heavy atom. The van der Waals surface area contributed by atoms with Crippen molar-refractivity contribution in [2.75, 3.05) is 7.11 Å². The van der Waals surface area contributed by atoms with Crippen molar-refractivity contribution in [3.05, 3.63) is 0 Å². The first-order chi connectivity index (χ1) is 10.1. The van der Waals surface area contributed by atoms with E-state index in [9.17, 15) is 14.4 Å². The number of nitrogens with one attached hydrogen (secondary N) is 1. The third-order valence-corrected chi connectivity index (χ3v) is 3.98. The molecule has 1 fully saturated rings. The van der Waals surface area contributed by atoms with E-state index in [0.29, 0.717) is 6.42 Å². The van der Waals surface area contributed by atoms with E-state index < -0.39 is 18.1 Å². The number of carbonyl (C=O) groups excluding carboxylic acids is 3. The molecule has 1 aliphatic heterocycles. The number of rotatable bonds is 5. The Kier molecular flexibility index (Phi) is 5.97. The fraction of sp³-hybridized carbons (Fsp3) is 0.812. The van der Waals surface area contributed by atoms with Gasteiger partial charge in [-0.05, 0) is 33.1 Å². The van der Waals surface area contributed by atoms with E-state index >= 15 is 0 Å². The van der Waals surface area contributed by atoms with Crippen molar-refractivity contribution in [1.29, 1.82) is 0 Å². The lowest BCUT2D eigenvalue weighted by Gasteiger charge is -2.35. The Balaban J connectivity index is 3.06. The fourth-order valence-corrected chi connectivity index (χ4v) is 2.73. The van der Waals surface area contributed by atoms with E-state index in [1.165, 1.54) is 12.0 Å². The number of nitrogens with zero attached hydrogens (tertiary/aromatic N) is 1. The van der Waals surface area contributed by atoms with Gasteiger partial charge in [-0.25, -0.2) is 4.79 Å². The number of likely N-dealkylation sites (tertiary alicyclic amines) is 1. The summed E-state index contributed by atoms with van der Waals surface area (Å²) in [6.45, 7) is 9.51. The molecule has 0 radical (unpaired) electrons. The summed E-state index contributed by atoms with van der Waals surface area (Å²) in [7, 11) is 1.31. The third kappa shape index (κ3) is 4.21. The number of hydrogen-bond donors (Lipinski definition) is 1. The van der Waals surface area contributed by atoms with Crippen LogP contribution >= 0.6 is 0 Å². The van der Waals surface area contributed by atoms with Gasteiger partial charge in [0.05, 0.1) is 7.11 Å². The first kappa shape index (κ1) is 18.5. The molecule has 2 amide bonds. The predicted molar refractivity (Wildman–Crippen MR) is 83.0 cm³/mol. The normalized spacial score (nSPS) is 21.5. The zero-order valence-corrected chi connectivity index (χ0v) is 14.4. The van der Waals surface area contributed by atoms with Crippen molar-refractivity contribution in [3.63, 3.8) is 0 Å². The largest absolute Gasteiger partial charge is 0.467 e. The Hall–Kier alpha value is -1.59. The molecule has 1 heterocycles. The molecule has 6 nitrogen and oxygen atoms in total. The smallest absolute Gasteiger partial charge is 0.328 e. The molecule has 1 saturated heterocycles. The van der Waals surface area contributed by atoms with Gasteiger partial charge in [-0.1, -0.05) is 20.3 Å². The first-order valence-corrected chi connectivity index (χ1v) is 7.83. The van der Waals surface area contributed by atoms with Crippen molar-refractivity contribution in [1.82, 2.24) is 10.2 Å². The lowest BCUT2D eigenvalue weighted by molar-refractivity contribution is -0.156. The fourth-order valence-electron chi connectivity index (χ4n) is 2.73. The summed E-state index contributed by atoms with van der Waals surface area (Å²) < 4.78 is 4.86. The Morgan fingerprint density at radius 1 is 1.41 bits per heavy atom. The predicted octanol–water partition coefficient (Wildman–Crippen LogP) is 1.48. The zero-order chi connectivity index (χ0) is 17.1. The monoisotopic (exact) mass is 312 g/mol. The van der Waals surface area contributed by atoms with Crippen LogP contribution in [0.4, 0.5) is 0 Å². The van der Waals surface area contributed by atoms with E-state index in [1.54, 1.807) is 0 Å². The minimum absolute atomic E-state index is 0.0700. The molecule has 22 heavy (non-hydrogen) atoms. The van der Waals surface area contributed by atoms with E-state index in [4.69, 9.17) is 4.74 Å². The number of hydrogen-bond acceptors (Lipinski definition) is 4. The lowest BCUT2D eigenvalue weighted by atomic mass is 9.96. The first-order valence-electron chi connectivity index (χ1n) is 7.83. The van der Waals surface area contributed by atoms with Crippen LogP contribution in [-0.4, -0.2) is 47.4 Å². The zero-order valence-electron chi connectivity index (χ0n) is 14.4. The van der Waals surface area contributed by atoms with Gasteiger partial charge in [0.15, 0.2) is 0 Å². The molecule has 6 heteroatoms. The average Bonchev–Trinajstić information content (AvgIpc) is 2.79. The quantitative estimate of drug-likeness (QED) is 0.780. The van der Waals surface area contributed by atoms with Crippen LogP contribution in [0.15, 0.2) is 0 Å². The Labute approximate surface area is 132 Å². The molecule has 0 aliphatic carbocycles. The topological polar surface area (TPSA) is 75.7 Å². The van der Waals surface area contributed by atoms with Crippen molar-refractivity contribution in [2.24, 2.45) is 5.92 Å². The molecule has 0 aromatic rings. The van der Waals surface area contributed by atoms with Crippen LogP contribution in [0.1, 0.15) is 53.9 Å². The highest BCUT2D eigenvalue weighted by Crippen LogP contribution is 2.27. The Bertz CT molecular complexity index is 442. The van der Waals surface area contributed by atoms with E-state index in [2.05, 4.69) is 5.32 Å². The molecular formula is C16H28N2O4. The molecule has 0 aromatic carbocycles. The summed E-state index contributed by atoms with van der Waals surface area (Å²) in [5.74, 6) is -0.905. The van der Waals surface area contributed by atoms with E-state index in [1.807, 2.05) is 34.6 Å². The van der Waals surface area contributed by atoms with Gasteiger partial charge in [0.25, 0.3) is 0 Å². The van der Waals surface area contributed by atoms with Gasteiger partial charge in [-0.15, -0.1) is 0 Å². The summed E-state index contributed by atoms with van der Waals surface area (Å²) in [6.07, 6.45) is 1.44. The van der Waals surface area contributed by atoms with Crippen LogP contribution in [-0.2, 0) is 19.1 Å². The molecule has 0 aromatic heterocycles. The molecule has 1 aliphatic rings. The number of amides is 2. The van der Waals surface area contributed by atoms with E-state index in [-0.39, 0.29) is 29.7 Å². The Morgan fingerprint density at radius 3 is 2.45 bits per heavy atom. The second kappa shape index (κ2) is 7.11. The summed E-state index contributed by atoms with van der Waals surface area (Å²) in [5.41, 5.74) is -0.383. The molecule has 0 spiro atoms. The summed E-state index contributed by atoms with van der Waals surface area (Å²) in [6, 6.07) is -1.31. The van der Waals surface area contributed by atoms with Gasteiger partial charge >= 0.3 is 5.97 Å². The van der Waals surface area contributed by atoms with Crippen LogP contribution in [0.3, 0.4) is 0 Å². The average molecular weight is 312 g/mol. The highest BCUT2D eigenvalue weighted by molar-refractivity contribution is 5.94. The molecule has 3 atom stereocenters. The number of methoxy groups -OCH3 is 1. The maximum absolute atomic E-state index is 12.5. The van der Waals surface area contributed by atoms with Crippen molar-refractivity contribution in [3.8, 4) is 0 Å². The maximum atomic E-state index is 12.5. The van der Waals surface area contributed by atoms with Gasteiger partial charge < -0.3 is 15.0 Å². The summed E-state index contributed by atoms with van der Waals surface area (Å²) >= 11 is 0. The second-order valence-electron chi connectivity index (χ2n) is 6.95. The third-order valence-electron chi connectivity index (χ3n) is 3.98. The molecular weight excluding hydrogens is 284 g/mol. The molecule has 0 bridgehead atoms. The highest BCUT2D eigenvalue weighted by atomic mass is 16.5. The highest BCUT2D eigenvalue weighted by Gasteiger charge is 2.45. The minimum Gasteiger partial charge on any atom is -0.467 e. The van der Waals surface area contributed by atoms with Crippen LogP contribution in [0.5, 0.6) is 0 Å². The van der Waals surface area contributed by atoms with Crippen LogP contribution in [0.2, 0.25) is 0 Å². The molecule has 126 valence electrons. The number of esters is 1. The van der Waals surface area contributed by atoms with Gasteiger partial charge in [0.2, 0.25) is 11.8 Å². The number of carbonyl (C=O) groups is 3. The minimum atomic E-state index is -0.708. The van der Waals surface area contributed by atoms with Gasteiger partial charge in [-0.3, -0.25) is 9.59 Å². The van der Waals surface area contributed by atoms with E-state index in [0.717, 1.165) is 6.42 Å².